The summed E-state index contributed by atoms with van der Waals surface area (Å²) in [6.45, 7) is 4.47. The van der Waals surface area contributed by atoms with Crippen molar-refractivity contribution >= 4 is 32.7 Å². The number of fused-ring (bicyclic) bond motifs is 1. The second-order valence-corrected chi connectivity index (χ2v) is 7.33. The number of aryl methyl sites for hydroxylation is 1. The van der Waals surface area contributed by atoms with Gasteiger partial charge in [0.15, 0.2) is 5.13 Å². The Morgan fingerprint density at radius 3 is 2.79 bits per heavy atom. The van der Waals surface area contributed by atoms with Gasteiger partial charge in [-0.15, -0.1) is 0 Å². The third-order valence-corrected chi connectivity index (χ3v) is 5.25. The van der Waals surface area contributed by atoms with Gasteiger partial charge in [0, 0.05) is 36.3 Å². The lowest BCUT2D eigenvalue weighted by Crippen LogP contribution is -2.28. The number of rotatable bonds is 4. The van der Waals surface area contributed by atoms with Crippen LogP contribution in [-0.2, 0) is 0 Å². The molecule has 0 aliphatic carbocycles. The van der Waals surface area contributed by atoms with Gasteiger partial charge in [-0.1, -0.05) is 17.4 Å². The highest BCUT2D eigenvalue weighted by atomic mass is 32.1. The average molecular weight is 389 g/mol. The van der Waals surface area contributed by atoms with Crippen LogP contribution in [0.3, 0.4) is 0 Å². The molecule has 3 aromatic heterocycles. The van der Waals surface area contributed by atoms with Crippen molar-refractivity contribution in [3.8, 4) is 22.4 Å². The lowest BCUT2D eigenvalue weighted by Gasteiger charge is -2.07. The van der Waals surface area contributed by atoms with Crippen LogP contribution in [0.4, 0.5) is 9.93 Å². The molecule has 28 heavy (non-hydrogen) atoms. The van der Waals surface area contributed by atoms with Crippen molar-refractivity contribution in [1.29, 1.82) is 0 Å². The summed E-state index contributed by atoms with van der Waals surface area (Å²) in [7, 11) is 0. The maximum atomic E-state index is 11.9. The molecule has 0 radical (unpaired) electrons. The molecule has 6 nitrogen and oxygen atoms in total. The molecule has 140 valence electrons. The molecule has 0 bridgehead atoms. The molecule has 1 aromatic carbocycles. The number of urea groups is 1. The monoisotopic (exact) mass is 389 g/mol. The van der Waals surface area contributed by atoms with Gasteiger partial charge in [-0.05, 0) is 55.3 Å². The minimum absolute atomic E-state index is 0.260. The Hall–Kier alpha value is -3.32. The molecule has 0 fully saturated rings. The number of aromatic nitrogens is 3. The SMILES string of the molecule is CCNC(=O)Nc1nc2cc(-c3cccnc3)cc(-c3cc(C)ccn3)c2s1. The highest BCUT2D eigenvalue weighted by molar-refractivity contribution is 7.22. The zero-order chi connectivity index (χ0) is 19.5. The third-order valence-electron chi connectivity index (χ3n) is 4.23. The first-order chi connectivity index (χ1) is 13.6. The van der Waals surface area contributed by atoms with E-state index in [2.05, 4.69) is 37.7 Å². The Morgan fingerprint density at radius 2 is 2.04 bits per heavy atom. The number of carbonyl (C=O) groups excluding carboxylic acids is 1. The molecular formula is C21H19N5OS. The number of nitrogens with zero attached hydrogens (tertiary/aromatic N) is 3. The fourth-order valence-corrected chi connectivity index (χ4v) is 3.93. The van der Waals surface area contributed by atoms with E-state index in [0.29, 0.717) is 11.7 Å². The molecule has 3 heterocycles. The molecular weight excluding hydrogens is 370 g/mol. The van der Waals surface area contributed by atoms with E-state index in [0.717, 1.165) is 38.2 Å². The molecule has 4 aromatic rings. The number of amides is 2. The summed E-state index contributed by atoms with van der Waals surface area (Å²) in [5.41, 5.74) is 5.83. The van der Waals surface area contributed by atoms with Gasteiger partial charge in [-0.25, -0.2) is 9.78 Å². The second-order valence-electron chi connectivity index (χ2n) is 6.34. The van der Waals surface area contributed by atoms with E-state index in [9.17, 15) is 4.79 Å². The number of thiazole rings is 1. The van der Waals surface area contributed by atoms with Crippen molar-refractivity contribution in [2.24, 2.45) is 0 Å². The van der Waals surface area contributed by atoms with Crippen molar-refractivity contribution < 1.29 is 4.79 Å². The minimum atomic E-state index is -0.260. The molecule has 0 saturated heterocycles. The van der Waals surface area contributed by atoms with Gasteiger partial charge >= 0.3 is 6.03 Å². The number of pyridine rings is 2. The maximum Gasteiger partial charge on any atom is 0.321 e. The molecule has 0 saturated carbocycles. The van der Waals surface area contributed by atoms with Crippen LogP contribution in [-0.4, -0.2) is 27.5 Å². The van der Waals surface area contributed by atoms with E-state index in [1.165, 1.54) is 11.3 Å². The smallest absolute Gasteiger partial charge is 0.321 e. The van der Waals surface area contributed by atoms with E-state index in [1.54, 1.807) is 6.20 Å². The topological polar surface area (TPSA) is 79.8 Å². The third kappa shape index (κ3) is 3.70. The van der Waals surface area contributed by atoms with Gasteiger partial charge in [0.05, 0.1) is 15.9 Å². The first-order valence-corrected chi connectivity index (χ1v) is 9.78. The largest absolute Gasteiger partial charge is 0.338 e. The molecule has 0 aliphatic rings. The van der Waals surface area contributed by atoms with Crippen LogP contribution in [0.25, 0.3) is 32.6 Å². The summed E-state index contributed by atoms with van der Waals surface area (Å²) >= 11 is 1.44. The molecule has 7 heteroatoms. The van der Waals surface area contributed by atoms with Crippen LogP contribution >= 0.6 is 11.3 Å². The molecule has 0 aliphatic heterocycles. The Balaban J connectivity index is 1.88. The first kappa shape index (κ1) is 18.1. The quantitative estimate of drug-likeness (QED) is 0.522. The van der Waals surface area contributed by atoms with Gasteiger partial charge in [-0.3, -0.25) is 15.3 Å². The van der Waals surface area contributed by atoms with Gasteiger partial charge in [0.2, 0.25) is 0 Å². The van der Waals surface area contributed by atoms with Crippen LogP contribution < -0.4 is 10.6 Å². The molecule has 0 unspecified atom stereocenters. The van der Waals surface area contributed by atoms with Gasteiger partial charge in [0.1, 0.15) is 0 Å². The number of hydrogen-bond donors (Lipinski definition) is 2. The molecule has 0 spiro atoms. The Morgan fingerprint density at radius 1 is 1.14 bits per heavy atom. The van der Waals surface area contributed by atoms with Crippen molar-refractivity contribution in [2.75, 3.05) is 11.9 Å². The summed E-state index contributed by atoms with van der Waals surface area (Å²) in [5, 5.41) is 6.09. The number of carbonyl (C=O) groups is 1. The van der Waals surface area contributed by atoms with E-state index < -0.39 is 0 Å². The normalized spacial score (nSPS) is 10.8. The van der Waals surface area contributed by atoms with Crippen LogP contribution in [0.2, 0.25) is 0 Å². The fraction of sp³-hybridized carbons (Fsp3) is 0.143. The molecule has 2 amide bonds. The van der Waals surface area contributed by atoms with E-state index in [4.69, 9.17) is 0 Å². The van der Waals surface area contributed by atoms with Crippen LogP contribution in [0.1, 0.15) is 12.5 Å². The lowest BCUT2D eigenvalue weighted by molar-refractivity contribution is 0.252. The highest BCUT2D eigenvalue weighted by Crippen LogP contribution is 2.38. The Bertz CT molecular complexity index is 1140. The summed E-state index contributed by atoms with van der Waals surface area (Å²) in [4.78, 5) is 25.3. The van der Waals surface area contributed by atoms with Gasteiger partial charge < -0.3 is 5.32 Å². The summed E-state index contributed by atoms with van der Waals surface area (Å²) in [6.07, 6.45) is 5.39. The summed E-state index contributed by atoms with van der Waals surface area (Å²) < 4.78 is 0.984. The second kappa shape index (κ2) is 7.74. The van der Waals surface area contributed by atoms with Crippen molar-refractivity contribution in [2.45, 2.75) is 13.8 Å². The van der Waals surface area contributed by atoms with E-state index >= 15 is 0 Å². The predicted molar refractivity (Wildman–Crippen MR) is 114 cm³/mol. The van der Waals surface area contributed by atoms with Gasteiger partial charge in [0.25, 0.3) is 0 Å². The summed E-state index contributed by atoms with van der Waals surface area (Å²) in [6, 6.07) is 11.8. The maximum absolute atomic E-state index is 11.9. The minimum Gasteiger partial charge on any atom is -0.338 e. The van der Waals surface area contributed by atoms with E-state index in [-0.39, 0.29) is 6.03 Å². The summed E-state index contributed by atoms with van der Waals surface area (Å²) in [5.74, 6) is 0. The van der Waals surface area contributed by atoms with Crippen molar-refractivity contribution in [1.82, 2.24) is 20.3 Å². The molecule has 4 rings (SSSR count). The molecule has 2 N–H and O–H groups in total. The average Bonchev–Trinajstić information content (AvgIpc) is 3.10. The predicted octanol–water partition coefficient (Wildman–Crippen LogP) is 4.87. The number of hydrogen-bond acceptors (Lipinski definition) is 5. The van der Waals surface area contributed by atoms with Crippen molar-refractivity contribution in [3.63, 3.8) is 0 Å². The van der Waals surface area contributed by atoms with Crippen LogP contribution in [0.15, 0.2) is 55.0 Å². The highest BCUT2D eigenvalue weighted by Gasteiger charge is 2.15. The van der Waals surface area contributed by atoms with Crippen LogP contribution in [0, 0.1) is 6.92 Å². The lowest BCUT2D eigenvalue weighted by atomic mass is 10.0. The van der Waals surface area contributed by atoms with E-state index in [1.807, 2.05) is 50.5 Å². The first-order valence-electron chi connectivity index (χ1n) is 8.97. The zero-order valence-electron chi connectivity index (χ0n) is 15.6. The standard InChI is InChI=1S/C21H19N5OS/c1-3-23-20(27)26-21-25-18-11-15(14-5-4-7-22-12-14)10-16(19(18)28-21)17-9-13(2)6-8-24-17/h4-12H,3H2,1-2H3,(H2,23,25,26,27). The zero-order valence-corrected chi connectivity index (χ0v) is 16.4. The Labute approximate surface area is 166 Å². The van der Waals surface area contributed by atoms with Crippen molar-refractivity contribution in [3.05, 3.63) is 60.6 Å². The number of benzene rings is 1. The van der Waals surface area contributed by atoms with Gasteiger partial charge in [-0.2, -0.15) is 0 Å². The van der Waals surface area contributed by atoms with Crippen LogP contribution in [0.5, 0.6) is 0 Å². The number of anilines is 1. The number of nitrogens with one attached hydrogen (secondary N) is 2. The molecule has 0 atom stereocenters. The Kier molecular flexibility index (Phi) is 4.99. The fourth-order valence-electron chi connectivity index (χ4n) is 2.96.